The molecule has 2 aromatic rings. The molecule has 25 heavy (non-hydrogen) atoms. The van der Waals surface area contributed by atoms with Crippen LogP contribution in [0.15, 0.2) is 34.1 Å². The minimum atomic E-state index is 0.459. The highest BCUT2D eigenvalue weighted by atomic mass is 32.2. The van der Waals surface area contributed by atoms with Gasteiger partial charge in [-0.1, -0.05) is 52.3 Å². The van der Waals surface area contributed by atoms with Gasteiger partial charge in [-0.15, -0.1) is 0 Å². The summed E-state index contributed by atoms with van der Waals surface area (Å²) in [6, 6.07) is 8.41. The van der Waals surface area contributed by atoms with Gasteiger partial charge in [-0.25, -0.2) is 0 Å². The van der Waals surface area contributed by atoms with Crippen molar-refractivity contribution in [3.63, 3.8) is 0 Å². The van der Waals surface area contributed by atoms with Crippen molar-refractivity contribution in [3.05, 3.63) is 46.5 Å². The summed E-state index contributed by atoms with van der Waals surface area (Å²) in [6.45, 7) is 8.42. The third-order valence-corrected chi connectivity index (χ3v) is 5.46. The number of aryl methyl sites for hydroxylation is 4. The first-order valence-corrected chi connectivity index (χ1v) is 10.2. The van der Waals surface area contributed by atoms with E-state index < -0.39 is 0 Å². The summed E-state index contributed by atoms with van der Waals surface area (Å²) < 4.78 is 0. The molecule has 3 heteroatoms. The number of aromatic hydroxyl groups is 2. The van der Waals surface area contributed by atoms with Crippen LogP contribution in [0.1, 0.15) is 62.8 Å². The lowest BCUT2D eigenvalue weighted by atomic mass is 10.0. The van der Waals surface area contributed by atoms with Gasteiger partial charge in [0, 0.05) is 9.79 Å². The van der Waals surface area contributed by atoms with Crippen molar-refractivity contribution < 1.29 is 10.2 Å². The first-order chi connectivity index (χ1) is 12.0. The van der Waals surface area contributed by atoms with Gasteiger partial charge >= 0.3 is 0 Å². The van der Waals surface area contributed by atoms with Gasteiger partial charge in [0.15, 0.2) is 0 Å². The highest BCUT2D eigenvalue weighted by Gasteiger charge is 2.12. The summed E-state index contributed by atoms with van der Waals surface area (Å²) in [7, 11) is 0. The van der Waals surface area contributed by atoms with E-state index in [1.54, 1.807) is 11.8 Å². The Labute approximate surface area is 156 Å². The molecule has 2 aromatic carbocycles. The first-order valence-electron chi connectivity index (χ1n) is 9.41. The molecule has 0 fully saturated rings. The van der Waals surface area contributed by atoms with Crippen molar-refractivity contribution in [2.24, 2.45) is 0 Å². The highest BCUT2D eigenvalue weighted by molar-refractivity contribution is 7.99. The van der Waals surface area contributed by atoms with E-state index >= 15 is 0 Å². The lowest BCUT2D eigenvalue weighted by Gasteiger charge is -2.14. The smallest absolute Gasteiger partial charge is 0.122 e. The van der Waals surface area contributed by atoms with E-state index in [0.29, 0.717) is 11.5 Å². The molecule has 2 rings (SSSR count). The van der Waals surface area contributed by atoms with Gasteiger partial charge in [0.25, 0.3) is 0 Å². The number of rotatable bonds is 8. The second-order valence-electron chi connectivity index (χ2n) is 6.49. The quantitative estimate of drug-likeness (QED) is 0.583. The fraction of sp³-hybridized carbons (Fsp3) is 0.455. The highest BCUT2D eigenvalue weighted by Crippen LogP contribution is 2.37. The Bertz CT molecular complexity index is 661. The molecule has 0 bridgehead atoms. The maximum absolute atomic E-state index is 10.4. The standard InChI is InChI=1S/C22H30O2S/c1-5-9-17-13-19(11-15(7-3)21(17)23)25-20-12-16(8-4)22(24)18(14-20)10-6-2/h11-14,23-24H,5-10H2,1-4H3. The van der Waals surface area contributed by atoms with Crippen molar-refractivity contribution in [1.29, 1.82) is 0 Å². The van der Waals surface area contributed by atoms with Crippen molar-refractivity contribution >= 4 is 11.8 Å². The molecule has 0 unspecified atom stereocenters. The predicted octanol–water partition coefficient (Wildman–Crippen LogP) is 6.28. The lowest BCUT2D eigenvalue weighted by Crippen LogP contribution is -1.93. The first kappa shape index (κ1) is 19.7. The summed E-state index contributed by atoms with van der Waals surface area (Å²) >= 11 is 1.72. The van der Waals surface area contributed by atoms with Crippen LogP contribution in [-0.4, -0.2) is 10.2 Å². The second-order valence-corrected chi connectivity index (χ2v) is 7.64. The number of phenolic OH excluding ortho intramolecular Hbond substituents is 2. The Morgan fingerprint density at radius 1 is 0.640 bits per heavy atom. The minimum absolute atomic E-state index is 0.459. The van der Waals surface area contributed by atoms with Crippen LogP contribution in [0.5, 0.6) is 11.5 Å². The number of hydrogen-bond acceptors (Lipinski definition) is 3. The fourth-order valence-electron chi connectivity index (χ4n) is 3.17. The molecule has 2 N–H and O–H groups in total. The van der Waals surface area contributed by atoms with Crippen molar-refractivity contribution in [2.45, 2.75) is 76.0 Å². The third-order valence-electron chi connectivity index (χ3n) is 4.52. The van der Waals surface area contributed by atoms with Gasteiger partial charge in [-0.2, -0.15) is 0 Å². The second kappa shape index (κ2) is 9.19. The summed E-state index contributed by atoms with van der Waals surface area (Å²) in [4.78, 5) is 2.32. The van der Waals surface area contributed by atoms with E-state index in [1.807, 2.05) is 0 Å². The summed E-state index contributed by atoms with van der Waals surface area (Å²) in [5, 5.41) is 20.8. The van der Waals surface area contributed by atoms with E-state index in [1.165, 1.54) is 0 Å². The largest absolute Gasteiger partial charge is 0.507 e. The molecule has 0 aliphatic rings. The van der Waals surface area contributed by atoms with Crippen LogP contribution in [0.3, 0.4) is 0 Å². The van der Waals surface area contributed by atoms with E-state index in [2.05, 4.69) is 52.0 Å². The van der Waals surface area contributed by atoms with Gasteiger partial charge in [0.2, 0.25) is 0 Å². The van der Waals surface area contributed by atoms with E-state index in [4.69, 9.17) is 0 Å². The van der Waals surface area contributed by atoms with Gasteiger partial charge in [-0.3, -0.25) is 0 Å². The van der Waals surface area contributed by atoms with Crippen LogP contribution in [0.2, 0.25) is 0 Å². The number of phenols is 2. The molecule has 0 spiro atoms. The zero-order valence-corrected chi connectivity index (χ0v) is 16.7. The average Bonchev–Trinajstić information content (AvgIpc) is 2.60. The van der Waals surface area contributed by atoms with E-state index in [-0.39, 0.29) is 0 Å². The summed E-state index contributed by atoms with van der Waals surface area (Å²) in [6.07, 6.45) is 5.48. The Balaban J connectivity index is 2.41. The van der Waals surface area contributed by atoms with E-state index in [9.17, 15) is 10.2 Å². The summed E-state index contributed by atoms with van der Waals surface area (Å²) in [5.41, 5.74) is 4.09. The lowest BCUT2D eigenvalue weighted by molar-refractivity contribution is 0.460. The molecule has 0 amide bonds. The van der Waals surface area contributed by atoms with Crippen LogP contribution in [-0.2, 0) is 25.7 Å². The molecule has 0 aromatic heterocycles. The zero-order chi connectivity index (χ0) is 18.4. The maximum atomic E-state index is 10.4. The minimum Gasteiger partial charge on any atom is -0.507 e. The molecule has 0 saturated heterocycles. The number of hydrogen-bond donors (Lipinski definition) is 2. The van der Waals surface area contributed by atoms with Gasteiger partial charge in [-0.05, 0) is 72.2 Å². The van der Waals surface area contributed by atoms with Gasteiger partial charge in [0.05, 0.1) is 0 Å². The Morgan fingerprint density at radius 3 is 1.32 bits per heavy atom. The summed E-state index contributed by atoms with van der Waals surface area (Å²) in [5.74, 6) is 0.917. The molecule has 0 saturated carbocycles. The van der Waals surface area contributed by atoms with Crippen molar-refractivity contribution in [3.8, 4) is 11.5 Å². The van der Waals surface area contributed by atoms with Crippen LogP contribution in [0, 0.1) is 0 Å². The van der Waals surface area contributed by atoms with Gasteiger partial charge in [0.1, 0.15) is 11.5 Å². The Morgan fingerprint density at radius 2 is 1.00 bits per heavy atom. The van der Waals surface area contributed by atoms with Crippen molar-refractivity contribution in [2.75, 3.05) is 0 Å². The van der Waals surface area contributed by atoms with Crippen molar-refractivity contribution in [1.82, 2.24) is 0 Å². The molecular formula is C22H30O2S. The molecule has 136 valence electrons. The molecule has 0 heterocycles. The molecule has 0 radical (unpaired) electrons. The predicted molar refractivity (Wildman–Crippen MR) is 107 cm³/mol. The van der Waals surface area contributed by atoms with Crippen LogP contribution in [0.4, 0.5) is 0 Å². The fourth-order valence-corrected chi connectivity index (χ4v) is 4.25. The molecule has 2 nitrogen and oxygen atoms in total. The Kier molecular flexibility index (Phi) is 7.24. The maximum Gasteiger partial charge on any atom is 0.122 e. The van der Waals surface area contributed by atoms with Gasteiger partial charge < -0.3 is 10.2 Å². The van der Waals surface area contributed by atoms with Crippen LogP contribution >= 0.6 is 11.8 Å². The van der Waals surface area contributed by atoms with E-state index in [0.717, 1.165) is 70.6 Å². The average molecular weight is 359 g/mol. The monoisotopic (exact) mass is 358 g/mol. The molecule has 0 aliphatic carbocycles. The Hall–Kier alpha value is -1.61. The topological polar surface area (TPSA) is 40.5 Å². The third kappa shape index (κ3) is 4.72. The molecule has 0 atom stereocenters. The molecular weight excluding hydrogens is 328 g/mol. The van der Waals surface area contributed by atoms with Crippen LogP contribution < -0.4 is 0 Å². The number of benzene rings is 2. The van der Waals surface area contributed by atoms with Crippen LogP contribution in [0.25, 0.3) is 0 Å². The normalized spacial score (nSPS) is 11.0. The molecule has 0 aliphatic heterocycles. The SMILES string of the molecule is CCCc1cc(Sc2cc(CC)c(O)c(CCC)c2)cc(CC)c1O. The zero-order valence-electron chi connectivity index (χ0n) is 15.9.